The van der Waals surface area contributed by atoms with Crippen molar-refractivity contribution in [3.05, 3.63) is 0 Å². The van der Waals surface area contributed by atoms with E-state index in [1.807, 2.05) is 48.5 Å². The lowest BCUT2D eigenvalue weighted by Gasteiger charge is -2.31. The molecule has 0 radical (unpaired) electrons. The smallest absolute Gasteiger partial charge is 0.293 e. The van der Waals surface area contributed by atoms with E-state index in [0.29, 0.717) is 12.9 Å². The number of hydrogen-bond donors (Lipinski definition) is 1. The summed E-state index contributed by atoms with van der Waals surface area (Å²) in [5.41, 5.74) is 5.48. The maximum absolute atomic E-state index is 10.2. The standard InChI is InChI=1S/C8H15NO.C5H10O2.2C2H6/c9-8(6-7-10)4-2-1-3-5-8;1-5(2,3)7-4-6;2*1-2/h7H,1-6,9H2;4H,1-3H3;2*1-2H3. The highest BCUT2D eigenvalue weighted by molar-refractivity contribution is 5.51. The van der Waals surface area contributed by atoms with Crippen molar-refractivity contribution in [1.29, 1.82) is 0 Å². The summed E-state index contributed by atoms with van der Waals surface area (Å²) < 4.78 is 4.55. The molecule has 1 aliphatic carbocycles. The van der Waals surface area contributed by atoms with Crippen LogP contribution in [0.3, 0.4) is 0 Å². The first-order valence-electron chi connectivity index (χ1n) is 8.17. The summed E-state index contributed by atoms with van der Waals surface area (Å²) in [6, 6.07) is 0. The predicted octanol–water partition coefficient (Wildman–Crippen LogP) is 4.25. The number of rotatable bonds is 3. The zero-order valence-corrected chi connectivity index (χ0v) is 15.2. The molecule has 1 aliphatic rings. The van der Waals surface area contributed by atoms with Gasteiger partial charge in [-0.1, -0.05) is 47.0 Å². The van der Waals surface area contributed by atoms with Gasteiger partial charge in [-0.05, 0) is 33.6 Å². The van der Waals surface area contributed by atoms with Gasteiger partial charge in [0.05, 0.1) is 0 Å². The van der Waals surface area contributed by atoms with Crippen LogP contribution in [0.4, 0.5) is 0 Å². The molecule has 0 aromatic rings. The molecule has 4 nitrogen and oxygen atoms in total. The maximum Gasteiger partial charge on any atom is 0.293 e. The van der Waals surface area contributed by atoms with Crippen LogP contribution >= 0.6 is 0 Å². The molecule has 0 atom stereocenters. The topological polar surface area (TPSA) is 69.4 Å². The molecule has 1 rings (SSSR count). The van der Waals surface area contributed by atoms with Crippen molar-refractivity contribution in [2.45, 2.75) is 98.1 Å². The number of carbonyl (C=O) groups is 2. The van der Waals surface area contributed by atoms with Crippen LogP contribution in [0, 0.1) is 0 Å². The fraction of sp³-hybridized carbons (Fsp3) is 0.882. The Balaban J connectivity index is -0.000000260. The van der Waals surface area contributed by atoms with E-state index < -0.39 is 0 Å². The van der Waals surface area contributed by atoms with Crippen molar-refractivity contribution < 1.29 is 14.3 Å². The monoisotopic (exact) mass is 303 g/mol. The summed E-state index contributed by atoms with van der Waals surface area (Å²) in [7, 11) is 0. The molecule has 21 heavy (non-hydrogen) atoms. The second kappa shape index (κ2) is 15.5. The third-order valence-corrected chi connectivity index (χ3v) is 2.74. The van der Waals surface area contributed by atoms with Crippen molar-refractivity contribution in [2.24, 2.45) is 5.73 Å². The van der Waals surface area contributed by atoms with Gasteiger partial charge in [0.15, 0.2) is 0 Å². The van der Waals surface area contributed by atoms with Crippen LogP contribution in [0.25, 0.3) is 0 Å². The fourth-order valence-corrected chi connectivity index (χ4v) is 1.77. The first-order valence-corrected chi connectivity index (χ1v) is 8.17. The number of hydrogen-bond acceptors (Lipinski definition) is 4. The molecule has 1 fully saturated rings. The van der Waals surface area contributed by atoms with Crippen molar-refractivity contribution in [1.82, 2.24) is 0 Å². The molecule has 1 saturated carbocycles. The molecular weight excluding hydrogens is 266 g/mol. The van der Waals surface area contributed by atoms with E-state index in [1.165, 1.54) is 19.3 Å². The van der Waals surface area contributed by atoms with Crippen molar-refractivity contribution >= 4 is 12.8 Å². The minimum Gasteiger partial charge on any atom is -0.462 e. The molecule has 0 spiro atoms. The Morgan fingerprint density at radius 3 is 1.67 bits per heavy atom. The van der Waals surface area contributed by atoms with Crippen molar-refractivity contribution in [2.75, 3.05) is 0 Å². The Labute approximate surface area is 131 Å². The van der Waals surface area contributed by atoms with Gasteiger partial charge >= 0.3 is 0 Å². The van der Waals surface area contributed by atoms with Crippen LogP contribution in [0.2, 0.25) is 0 Å². The zero-order chi connectivity index (χ0) is 17.4. The van der Waals surface area contributed by atoms with Gasteiger partial charge in [0.1, 0.15) is 11.9 Å². The number of ether oxygens (including phenoxy) is 1. The van der Waals surface area contributed by atoms with Gasteiger partial charge in [-0.2, -0.15) is 0 Å². The molecule has 0 aliphatic heterocycles. The van der Waals surface area contributed by atoms with Crippen LogP contribution in [0.1, 0.15) is 87.0 Å². The summed E-state index contributed by atoms with van der Waals surface area (Å²) in [5.74, 6) is 0. The first kappa shape index (κ1) is 25.1. The minimum absolute atomic E-state index is 0.139. The number of carbonyl (C=O) groups excluding carboxylic acids is 2. The quantitative estimate of drug-likeness (QED) is 0.791. The molecule has 0 heterocycles. The Bertz CT molecular complexity index is 229. The van der Waals surface area contributed by atoms with Gasteiger partial charge in [-0.15, -0.1) is 0 Å². The summed E-state index contributed by atoms with van der Waals surface area (Å²) >= 11 is 0. The lowest BCUT2D eigenvalue weighted by Crippen LogP contribution is -2.41. The Morgan fingerprint density at radius 2 is 1.43 bits per heavy atom. The predicted molar refractivity (Wildman–Crippen MR) is 90.3 cm³/mol. The molecular formula is C17H37NO3. The second-order valence-electron chi connectivity index (χ2n) is 5.62. The van der Waals surface area contributed by atoms with Gasteiger partial charge in [0.25, 0.3) is 6.47 Å². The minimum atomic E-state index is -0.318. The Morgan fingerprint density at radius 1 is 1.00 bits per heavy atom. The van der Waals surface area contributed by atoms with E-state index in [-0.39, 0.29) is 11.1 Å². The van der Waals surface area contributed by atoms with E-state index in [1.54, 1.807) is 0 Å². The van der Waals surface area contributed by atoms with E-state index in [2.05, 4.69) is 4.74 Å². The Kier molecular flexibility index (Phi) is 18.5. The van der Waals surface area contributed by atoms with Crippen LogP contribution in [0.15, 0.2) is 0 Å². The van der Waals surface area contributed by atoms with Gasteiger partial charge in [0.2, 0.25) is 0 Å². The summed E-state index contributed by atoms with van der Waals surface area (Å²) in [6.45, 7) is 13.9. The highest BCUT2D eigenvalue weighted by Crippen LogP contribution is 2.27. The molecule has 0 amide bonds. The van der Waals surface area contributed by atoms with Crippen LogP contribution in [-0.4, -0.2) is 23.9 Å². The van der Waals surface area contributed by atoms with E-state index >= 15 is 0 Å². The zero-order valence-electron chi connectivity index (χ0n) is 15.2. The van der Waals surface area contributed by atoms with Gasteiger partial charge < -0.3 is 15.3 Å². The molecule has 4 heteroatoms. The first-order chi connectivity index (χ1) is 9.83. The van der Waals surface area contributed by atoms with E-state index in [9.17, 15) is 9.59 Å². The number of aldehydes is 1. The molecule has 0 unspecified atom stereocenters. The van der Waals surface area contributed by atoms with Gasteiger partial charge in [0, 0.05) is 12.0 Å². The lowest BCUT2D eigenvalue weighted by molar-refractivity contribution is -0.138. The molecule has 0 aromatic heterocycles. The van der Waals surface area contributed by atoms with Crippen molar-refractivity contribution in [3.8, 4) is 0 Å². The van der Waals surface area contributed by atoms with Gasteiger partial charge in [-0.25, -0.2) is 0 Å². The molecule has 0 saturated heterocycles. The highest BCUT2D eigenvalue weighted by atomic mass is 16.5. The Hall–Kier alpha value is -0.900. The molecule has 2 N–H and O–H groups in total. The van der Waals surface area contributed by atoms with E-state index in [0.717, 1.165) is 19.1 Å². The SMILES string of the molecule is CC.CC.CC(C)(C)OC=O.NC1(CC=O)CCCCC1. The normalized spacial score (nSPS) is 15.6. The van der Waals surface area contributed by atoms with Crippen molar-refractivity contribution in [3.63, 3.8) is 0 Å². The van der Waals surface area contributed by atoms with Crippen LogP contribution in [-0.2, 0) is 14.3 Å². The number of nitrogens with two attached hydrogens (primary N) is 1. The van der Waals surface area contributed by atoms with Gasteiger partial charge in [-0.3, -0.25) is 4.79 Å². The van der Waals surface area contributed by atoms with Crippen LogP contribution < -0.4 is 5.73 Å². The summed E-state index contributed by atoms with van der Waals surface area (Å²) in [4.78, 5) is 19.8. The summed E-state index contributed by atoms with van der Waals surface area (Å²) in [6.07, 6.45) is 7.25. The third kappa shape index (κ3) is 19.1. The lowest BCUT2D eigenvalue weighted by atomic mass is 9.81. The van der Waals surface area contributed by atoms with Crippen LogP contribution in [0.5, 0.6) is 0 Å². The molecule has 0 bridgehead atoms. The fourth-order valence-electron chi connectivity index (χ4n) is 1.77. The third-order valence-electron chi connectivity index (χ3n) is 2.74. The average molecular weight is 303 g/mol. The average Bonchev–Trinajstić information content (AvgIpc) is 2.43. The largest absolute Gasteiger partial charge is 0.462 e. The maximum atomic E-state index is 10.2. The van der Waals surface area contributed by atoms with E-state index in [4.69, 9.17) is 5.73 Å². The molecule has 128 valence electrons. The summed E-state index contributed by atoms with van der Waals surface area (Å²) in [5, 5.41) is 0. The highest BCUT2D eigenvalue weighted by Gasteiger charge is 2.26. The molecule has 0 aromatic carbocycles. The second-order valence-corrected chi connectivity index (χ2v) is 5.62.